The number of fused-ring (bicyclic) bond motifs is 1. The summed E-state index contributed by atoms with van der Waals surface area (Å²) in [7, 11) is 3.01. The zero-order valence-corrected chi connectivity index (χ0v) is 18.7. The van der Waals surface area contributed by atoms with Crippen molar-refractivity contribution in [3.8, 4) is 11.5 Å². The summed E-state index contributed by atoms with van der Waals surface area (Å²) in [4.78, 5) is 40.8. The predicted molar refractivity (Wildman–Crippen MR) is 122 cm³/mol. The number of hydrogen-bond donors (Lipinski definition) is 1. The van der Waals surface area contributed by atoms with Gasteiger partial charge in [-0.2, -0.15) is 0 Å². The van der Waals surface area contributed by atoms with Crippen LogP contribution >= 0.6 is 0 Å². The van der Waals surface area contributed by atoms with E-state index in [9.17, 15) is 14.4 Å². The quantitative estimate of drug-likeness (QED) is 0.443. The lowest BCUT2D eigenvalue weighted by atomic mass is 10.1. The molecule has 3 aromatic rings. The highest BCUT2D eigenvalue weighted by molar-refractivity contribution is 5.82. The Morgan fingerprint density at radius 3 is 2.52 bits per heavy atom. The lowest BCUT2D eigenvalue weighted by molar-refractivity contribution is -0.148. The Kier molecular flexibility index (Phi) is 8.40. The number of rotatable bonds is 11. The normalized spacial score (nSPS) is 10.6. The van der Waals surface area contributed by atoms with Gasteiger partial charge in [-0.15, -0.1) is 0 Å². The number of benzene rings is 2. The van der Waals surface area contributed by atoms with Crippen molar-refractivity contribution in [1.82, 2.24) is 14.9 Å². The van der Waals surface area contributed by atoms with Crippen molar-refractivity contribution in [2.75, 3.05) is 27.4 Å². The Bertz CT molecular complexity index is 1160. The Labute approximate surface area is 191 Å². The van der Waals surface area contributed by atoms with Gasteiger partial charge >= 0.3 is 5.97 Å². The van der Waals surface area contributed by atoms with Crippen molar-refractivity contribution < 1.29 is 23.8 Å². The Balaban J connectivity index is 1.44. The number of nitrogens with one attached hydrogen (secondary N) is 1. The van der Waals surface area contributed by atoms with Crippen LogP contribution in [0.2, 0.25) is 0 Å². The summed E-state index contributed by atoms with van der Waals surface area (Å²) in [5.41, 5.74) is 1.37. The Hall–Kier alpha value is -3.88. The van der Waals surface area contributed by atoms with Gasteiger partial charge in [0.05, 0.1) is 31.4 Å². The molecular formula is C24H27N3O6. The first kappa shape index (κ1) is 23.8. The van der Waals surface area contributed by atoms with E-state index >= 15 is 0 Å². The number of carbonyl (C=O) groups excluding carboxylic acids is 2. The molecule has 9 heteroatoms. The van der Waals surface area contributed by atoms with E-state index < -0.39 is 5.97 Å². The molecule has 3 rings (SSSR count). The van der Waals surface area contributed by atoms with E-state index in [1.165, 1.54) is 25.1 Å². The van der Waals surface area contributed by atoms with Gasteiger partial charge < -0.3 is 19.5 Å². The van der Waals surface area contributed by atoms with E-state index in [0.29, 0.717) is 41.8 Å². The maximum atomic E-state index is 12.7. The maximum Gasteiger partial charge on any atom is 0.306 e. The van der Waals surface area contributed by atoms with Gasteiger partial charge in [0.2, 0.25) is 0 Å². The SMILES string of the molecule is COc1cc2ncn(CCCC(=O)OCC(=O)NCCc3ccccc3)c(=O)c2cc1OC. The van der Waals surface area contributed by atoms with Gasteiger partial charge in [-0.25, -0.2) is 4.98 Å². The number of methoxy groups -OCH3 is 2. The van der Waals surface area contributed by atoms with Gasteiger partial charge in [0.25, 0.3) is 11.5 Å². The van der Waals surface area contributed by atoms with Gasteiger partial charge in [0.1, 0.15) is 0 Å². The third-order valence-electron chi connectivity index (χ3n) is 5.05. The maximum absolute atomic E-state index is 12.7. The lowest BCUT2D eigenvalue weighted by Gasteiger charge is -2.10. The lowest BCUT2D eigenvalue weighted by Crippen LogP contribution is -2.30. The predicted octanol–water partition coefficient (Wildman–Crippen LogP) is 2.10. The molecule has 33 heavy (non-hydrogen) atoms. The van der Waals surface area contributed by atoms with Crippen LogP contribution in [0, 0.1) is 0 Å². The van der Waals surface area contributed by atoms with Crippen LogP contribution in [-0.2, 0) is 27.3 Å². The molecule has 1 heterocycles. The smallest absolute Gasteiger partial charge is 0.306 e. The first-order valence-electron chi connectivity index (χ1n) is 10.6. The molecule has 9 nitrogen and oxygen atoms in total. The first-order chi connectivity index (χ1) is 16.0. The number of hydrogen-bond acceptors (Lipinski definition) is 7. The summed E-state index contributed by atoms with van der Waals surface area (Å²) in [5, 5.41) is 3.11. The van der Waals surface area contributed by atoms with Crippen LogP contribution in [0.5, 0.6) is 11.5 Å². The van der Waals surface area contributed by atoms with Gasteiger partial charge in [0, 0.05) is 25.6 Å². The van der Waals surface area contributed by atoms with Crippen LogP contribution < -0.4 is 20.3 Å². The zero-order valence-electron chi connectivity index (χ0n) is 18.7. The van der Waals surface area contributed by atoms with E-state index in [4.69, 9.17) is 14.2 Å². The second kappa shape index (κ2) is 11.7. The highest BCUT2D eigenvalue weighted by Crippen LogP contribution is 2.29. The molecule has 1 aromatic heterocycles. The number of esters is 1. The van der Waals surface area contributed by atoms with Crippen LogP contribution in [0.3, 0.4) is 0 Å². The van der Waals surface area contributed by atoms with Gasteiger partial charge in [-0.3, -0.25) is 19.0 Å². The minimum Gasteiger partial charge on any atom is -0.493 e. The molecule has 2 aromatic carbocycles. The molecule has 174 valence electrons. The van der Waals surface area contributed by atoms with E-state index in [0.717, 1.165) is 5.56 Å². The van der Waals surface area contributed by atoms with Crippen molar-refractivity contribution in [1.29, 1.82) is 0 Å². The van der Waals surface area contributed by atoms with Crippen molar-refractivity contribution in [3.05, 3.63) is 64.7 Å². The van der Waals surface area contributed by atoms with Gasteiger partial charge in [-0.1, -0.05) is 30.3 Å². The number of aryl methyl sites for hydroxylation is 1. The van der Waals surface area contributed by atoms with Crippen LogP contribution in [0.4, 0.5) is 0 Å². The molecular weight excluding hydrogens is 426 g/mol. The monoisotopic (exact) mass is 453 g/mol. The zero-order chi connectivity index (χ0) is 23.6. The van der Waals surface area contributed by atoms with E-state index in [2.05, 4.69) is 10.3 Å². The Morgan fingerprint density at radius 1 is 1.06 bits per heavy atom. The largest absolute Gasteiger partial charge is 0.493 e. The molecule has 1 amide bonds. The minimum absolute atomic E-state index is 0.0771. The fourth-order valence-corrected chi connectivity index (χ4v) is 3.30. The first-order valence-corrected chi connectivity index (χ1v) is 10.6. The second-order valence-corrected chi connectivity index (χ2v) is 7.32. The van der Waals surface area contributed by atoms with Crippen LogP contribution in [0.15, 0.2) is 53.6 Å². The third-order valence-corrected chi connectivity index (χ3v) is 5.05. The summed E-state index contributed by atoms with van der Waals surface area (Å²) in [5.74, 6) is 0.0776. The molecule has 0 fully saturated rings. The summed E-state index contributed by atoms with van der Waals surface area (Å²) < 4.78 is 16.9. The van der Waals surface area contributed by atoms with Crippen molar-refractivity contribution in [3.63, 3.8) is 0 Å². The average Bonchev–Trinajstić information content (AvgIpc) is 2.84. The molecule has 1 N–H and O–H groups in total. The Morgan fingerprint density at radius 2 is 1.79 bits per heavy atom. The number of ether oxygens (including phenoxy) is 3. The highest BCUT2D eigenvalue weighted by Gasteiger charge is 2.12. The third kappa shape index (κ3) is 6.55. The molecule has 0 atom stereocenters. The molecule has 0 unspecified atom stereocenters. The number of aromatic nitrogens is 2. The number of carbonyl (C=O) groups is 2. The second-order valence-electron chi connectivity index (χ2n) is 7.32. The molecule has 0 aliphatic carbocycles. The van der Waals surface area contributed by atoms with Gasteiger partial charge in [0.15, 0.2) is 18.1 Å². The standard InChI is InChI=1S/C24H27N3O6/c1-31-20-13-18-19(14-21(20)32-2)26-16-27(24(18)30)12-6-9-23(29)33-15-22(28)25-11-10-17-7-4-3-5-8-17/h3-5,7-8,13-14,16H,6,9-12,15H2,1-2H3,(H,25,28). The summed E-state index contributed by atoms with van der Waals surface area (Å²) >= 11 is 0. The van der Waals surface area contributed by atoms with Crippen LogP contribution in [-0.4, -0.2) is 48.8 Å². The molecule has 0 saturated heterocycles. The van der Waals surface area contributed by atoms with Crippen LogP contribution in [0.25, 0.3) is 10.9 Å². The molecule has 0 radical (unpaired) electrons. The average molecular weight is 453 g/mol. The summed E-state index contributed by atoms with van der Waals surface area (Å²) in [6, 6.07) is 13.0. The molecule has 0 bridgehead atoms. The van der Waals surface area contributed by atoms with Crippen molar-refractivity contribution in [2.45, 2.75) is 25.8 Å². The molecule has 0 aliphatic rings. The minimum atomic E-state index is -0.499. The van der Waals surface area contributed by atoms with Crippen LogP contribution in [0.1, 0.15) is 18.4 Å². The summed E-state index contributed by atoms with van der Waals surface area (Å²) in [6.45, 7) is 0.427. The molecule has 0 saturated carbocycles. The summed E-state index contributed by atoms with van der Waals surface area (Å²) in [6.07, 6.45) is 2.58. The highest BCUT2D eigenvalue weighted by atomic mass is 16.5. The van der Waals surface area contributed by atoms with E-state index in [1.807, 2.05) is 30.3 Å². The van der Waals surface area contributed by atoms with Crippen molar-refractivity contribution in [2.24, 2.45) is 0 Å². The molecule has 0 spiro atoms. The topological polar surface area (TPSA) is 109 Å². The fraction of sp³-hybridized carbons (Fsp3) is 0.333. The molecule has 0 aliphatic heterocycles. The number of nitrogens with zero attached hydrogens (tertiary/aromatic N) is 2. The fourth-order valence-electron chi connectivity index (χ4n) is 3.30. The van der Waals surface area contributed by atoms with E-state index in [1.54, 1.807) is 12.1 Å². The van der Waals surface area contributed by atoms with Gasteiger partial charge in [-0.05, 0) is 24.5 Å². The van der Waals surface area contributed by atoms with Crippen molar-refractivity contribution >= 4 is 22.8 Å². The van der Waals surface area contributed by atoms with E-state index in [-0.39, 0.29) is 31.0 Å². The number of amides is 1.